The third kappa shape index (κ3) is 3.58. The smallest absolute Gasteiger partial charge is 0.262 e. The van der Waals surface area contributed by atoms with E-state index in [4.69, 9.17) is 0 Å². The molecule has 11 heteroatoms. The van der Waals surface area contributed by atoms with Crippen LogP contribution in [0, 0.1) is 17.0 Å². The van der Waals surface area contributed by atoms with E-state index in [1.165, 1.54) is 29.6 Å². The highest BCUT2D eigenvalue weighted by atomic mass is 32.2. The van der Waals surface area contributed by atoms with E-state index < -0.39 is 4.92 Å². The quantitative estimate of drug-likeness (QED) is 0.428. The molecule has 3 rings (SSSR count). The second kappa shape index (κ2) is 6.36. The van der Waals surface area contributed by atoms with Gasteiger partial charge in [-0.15, -0.1) is 15.3 Å². The van der Waals surface area contributed by atoms with Gasteiger partial charge in [-0.1, -0.05) is 6.07 Å². The molecule has 0 saturated carbocycles. The van der Waals surface area contributed by atoms with Gasteiger partial charge in [0.05, 0.1) is 16.0 Å². The van der Waals surface area contributed by atoms with Crippen LogP contribution in [0.25, 0.3) is 0 Å². The monoisotopic (exact) mass is 330 g/mol. The number of hydrogen-bond donors (Lipinski definition) is 1. The normalized spacial score (nSPS) is 11.2. The number of aryl methyl sites for hydroxylation is 1. The minimum absolute atomic E-state index is 0.0369. The zero-order chi connectivity index (χ0) is 16.2. The molecule has 1 N–H and O–H groups in total. The van der Waals surface area contributed by atoms with Crippen LogP contribution in [0.1, 0.15) is 11.4 Å². The fourth-order valence-electron chi connectivity index (χ4n) is 1.70. The Kier molecular flexibility index (Phi) is 4.10. The average molecular weight is 330 g/mol. The number of rotatable bonds is 5. The first kappa shape index (κ1) is 14.8. The highest BCUT2D eigenvalue weighted by Gasteiger charge is 2.17. The van der Waals surface area contributed by atoms with Crippen molar-refractivity contribution in [3.05, 3.63) is 52.4 Å². The van der Waals surface area contributed by atoms with Crippen LogP contribution in [0.15, 0.2) is 46.0 Å². The maximum absolute atomic E-state index is 11.3. The Morgan fingerprint density at radius 3 is 2.83 bits per heavy atom. The number of H-pyrrole nitrogens is 1. The number of nitro benzene ring substituents is 1. The molecule has 2 aromatic heterocycles. The standard InChI is InChI=1S/C12H10N8O2S/c1-8-16-12(18-17-8)23-11-3-2-9(4-10(11)20(21)22)5-15-19-6-13-14-7-19/h2-7H,1H3,(H,16,17,18)/b15-5+. The van der Waals surface area contributed by atoms with Crippen molar-refractivity contribution in [1.29, 1.82) is 0 Å². The van der Waals surface area contributed by atoms with Crippen molar-refractivity contribution in [2.75, 3.05) is 0 Å². The van der Waals surface area contributed by atoms with Crippen molar-refractivity contribution >= 4 is 23.7 Å². The van der Waals surface area contributed by atoms with Crippen LogP contribution < -0.4 is 0 Å². The van der Waals surface area contributed by atoms with Crippen LogP contribution in [0.2, 0.25) is 0 Å². The Hall–Kier alpha value is -3.08. The van der Waals surface area contributed by atoms with E-state index in [9.17, 15) is 10.1 Å². The molecule has 2 heterocycles. The Labute approximate surface area is 133 Å². The maximum Gasteiger partial charge on any atom is 0.283 e. The zero-order valence-corrected chi connectivity index (χ0v) is 12.6. The molecule has 0 atom stereocenters. The number of benzene rings is 1. The lowest BCUT2D eigenvalue weighted by atomic mass is 10.2. The van der Waals surface area contributed by atoms with Crippen molar-refractivity contribution in [3.63, 3.8) is 0 Å². The van der Waals surface area contributed by atoms with Gasteiger partial charge in [0.15, 0.2) is 0 Å². The van der Waals surface area contributed by atoms with Crippen molar-refractivity contribution in [2.24, 2.45) is 5.10 Å². The molecule has 0 saturated heterocycles. The first-order valence-electron chi connectivity index (χ1n) is 6.36. The van der Waals surface area contributed by atoms with Crippen molar-refractivity contribution in [3.8, 4) is 0 Å². The van der Waals surface area contributed by atoms with Crippen molar-refractivity contribution < 1.29 is 4.92 Å². The molecule has 0 aliphatic rings. The molecule has 23 heavy (non-hydrogen) atoms. The van der Waals surface area contributed by atoms with E-state index >= 15 is 0 Å². The summed E-state index contributed by atoms with van der Waals surface area (Å²) in [6.45, 7) is 1.76. The summed E-state index contributed by atoms with van der Waals surface area (Å²) in [7, 11) is 0. The van der Waals surface area contributed by atoms with E-state index in [2.05, 4.69) is 30.5 Å². The van der Waals surface area contributed by atoms with Crippen LogP contribution in [0.3, 0.4) is 0 Å². The summed E-state index contributed by atoms with van der Waals surface area (Å²) < 4.78 is 1.39. The molecule has 0 spiro atoms. The number of nitro groups is 1. The van der Waals surface area contributed by atoms with E-state index in [0.29, 0.717) is 21.4 Å². The second-order valence-corrected chi connectivity index (χ2v) is 5.39. The number of nitrogens with zero attached hydrogens (tertiary/aromatic N) is 7. The number of nitrogens with one attached hydrogen (secondary N) is 1. The Balaban J connectivity index is 1.87. The molecule has 0 aliphatic carbocycles. The van der Waals surface area contributed by atoms with E-state index in [1.807, 2.05) is 0 Å². The molecule has 0 amide bonds. The maximum atomic E-state index is 11.3. The lowest BCUT2D eigenvalue weighted by Crippen LogP contribution is -1.94. The molecule has 0 fully saturated rings. The van der Waals surface area contributed by atoms with Gasteiger partial charge in [0.1, 0.15) is 18.5 Å². The molecule has 0 radical (unpaired) electrons. The lowest BCUT2D eigenvalue weighted by molar-refractivity contribution is -0.387. The molecule has 0 aliphatic heterocycles. The van der Waals surface area contributed by atoms with Gasteiger partial charge in [0.2, 0.25) is 5.16 Å². The summed E-state index contributed by atoms with van der Waals surface area (Å²) in [5.74, 6) is 0.646. The average Bonchev–Trinajstić information content (AvgIpc) is 3.18. The van der Waals surface area contributed by atoms with Gasteiger partial charge in [-0.05, 0) is 24.8 Å². The first-order chi connectivity index (χ1) is 11.1. The Bertz CT molecular complexity index is 858. The zero-order valence-electron chi connectivity index (χ0n) is 11.8. The molecule has 116 valence electrons. The summed E-state index contributed by atoms with van der Waals surface area (Å²) in [6, 6.07) is 4.81. The van der Waals surface area contributed by atoms with Gasteiger partial charge in [-0.3, -0.25) is 15.2 Å². The number of aromatic nitrogens is 6. The first-order valence-corrected chi connectivity index (χ1v) is 7.18. The summed E-state index contributed by atoms with van der Waals surface area (Å²) in [5.41, 5.74) is 0.547. The molecule has 0 unspecified atom stereocenters. The summed E-state index contributed by atoms with van der Waals surface area (Å²) >= 11 is 1.12. The molecular weight excluding hydrogens is 320 g/mol. The fraction of sp³-hybridized carbons (Fsp3) is 0.0833. The summed E-state index contributed by atoms with van der Waals surface area (Å²) in [4.78, 5) is 15.4. The number of hydrogen-bond acceptors (Lipinski definition) is 8. The van der Waals surface area contributed by atoms with E-state index in [0.717, 1.165) is 11.8 Å². The molecular formula is C12H10N8O2S. The minimum atomic E-state index is -0.446. The van der Waals surface area contributed by atoms with Gasteiger partial charge in [-0.2, -0.15) is 5.10 Å². The molecule has 10 nitrogen and oxygen atoms in total. The van der Waals surface area contributed by atoms with E-state index in [-0.39, 0.29) is 5.69 Å². The predicted octanol–water partition coefficient (Wildman–Crippen LogP) is 1.65. The van der Waals surface area contributed by atoms with Gasteiger partial charge >= 0.3 is 0 Å². The van der Waals surface area contributed by atoms with Gasteiger partial charge < -0.3 is 0 Å². The molecule has 1 aromatic carbocycles. The van der Waals surface area contributed by atoms with Gasteiger partial charge in [0.25, 0.3) is 5.69 Å². The molecule has 0 bridgehead atoms. The van der Waals surface area contributed by atoms with Crippen LogP contribution in [0.4, 0.5) is 5.69 Å². The van der Waals surface area contributed by atoms with Crippen LogP contribution in [-0.2, 0) is 0 Å². The third-order valence-corrected chi connectivity index (χ3v) is 3.63. The van der Waals surface area contributed by atoms with E-state index in [1.54, 1.807) is 19.1 Å². The number of aromatic amines is 1. The van der Waals surface area contributed by atoms with Crippen molar-refractivity contribution in [1.82, 2.24) is 30.1 Å². The third-order valence-electron chi connectivity index (χ3n) is 2.70. The van der Waals surface area contributed by atoms with Crippen LogP contribution in [0.5, 0.6) is 0 Å². The largest absolute Gasteiger partial charge is 0.283 e. The SMILES string of the molecule is Cc1nc(Sc2ccc(/C=N/n3cnnc3)cc2[N+](=O)[O-])n[nH]1. The molecule has 3 aromatic rings. The van der Waals surface area contributed by atoms with Crippen LogP contribution >= 0.6 is 11.8 Å². The van der Waals surface area contributed by atoms with Gasteiger partial charge in [-0.25, -0.2) is 9.66 Å². The highest BCUT2D eigenvalue weighted by molar-refractivity contribution is 7.99. The van der Waals surface area contributed by atoms with Gasteiger partial charge in [0, 0.05) is 11.6 Å². The van der Waals surface area contributed by atoms with Crippen molar-refractivity contribution in [2.45, 2.75) is 17.0 Å². The summed E-state index contributed by atoms with van der Waals surface area (Å²) in [6.07, 6.45) is 4.32. The predicted molar refractivity (Wildman–Crippen MR) is 81.4 cm³/mol. The van der Waals surface area contributed by atoms with Crippen LogP contribution in [-0.4, -0.2) is 41.2 Å². The Morgan fingerprint density at radius 1 is 1.39 bits per heavy atom. The summed E-state index contributed by atoms with van der Waals surface area (Å²) in [5, 5.41) is 29.7. The Morgan fingerprint density at radius 2 is 2.17 bits per heavy atom. The minimum Gasteiger partial charge on any atom is -0.262 e. The second-order valence-electron chi connectivity index (χ2n) is 4.38. The fourth-order valence-corrected chi connectivity index (χ4v) is 2.54. The topological polar surface area (TPSA) is 128 Å². The highest BCUT2D eigenvalue weighted by Crippen LogP contribution is 2.33. The lowest BCUT2D eigenvalue weighted by Gasteiger charge is -2.01.